The Bertz CT molecular complexity index is 1300. The highest BCUT2D eigenvalue weighted by Crippen LogP contribution is 2.35. The van der Waals surface area contributed by atoms with E-state index in [9.17, 15) is 5.26 Å². The lowest BCUT2D eigenvalue weighted by molar-refractivity contribution is 0.311. The minimum atomic E-state index is 0.677. The molecule has 5 nitrogen and oxygen atoms in total. The standard InChI is InChI=1S/C26H27N5/c1-18-8-10-20(11-9-18)16-21-19(2)22(17-27)25-28-23-6-4-5-7-24(23)31(25)26(21)30-14-12-29(3)13-15-30/h4-11H,12-16H2,1-3H3. The van der Waals surface area contributed by atoms with Gasteiger partial charge in [0.25, 0.3) is 0 Å². The van der Waals surface area contributed by atoms with Gasteiger partial charge in [0, 0.05) is 38.2 Å². The lowest BCUT2D eigenvalue weighted by Crippen LogP contribution is -2.45. The van der Waals surface area contributed by atoms with E-state index in [0.717, 1.165) is 54.8 Å². The van der Waals surface area contributed by atoms with E-state index in [1.165, 1.54) is 22.5 Å². The van der Waals surface area contributed by atoms with Gasteiger partial charge in [-0.25, -0.2) is 4.98 Å². The number of hydrogen-bond donors (Lipinski definition) is 0. The van der Waals surface area contributed by atoms with Crippen LogP contribution in [-0.4, -0.2) is 47.5 Å². The molecule has 0 radical (unpaired) electrons. The molecule has 0 atom stereocenters. The summed E-state index contributed by atoms with van der Waals surface area (Å²) in [5, 5.41) is 10.1. The number of aromatic nitrogens is 2. The number of rotatable bonds is 3. The number of anilines is 1. The first kappa shape index (κ1) is 19.6. The SMILES string of the molecule is Cc1ccc(Cc2c(C)c(C#N)c3nc4ccccc4n3c2N2CCN(C)CC2)cc1. The predicted octanol–water partition coefficient (Wildman–Crippen LogP) is 4.32. The van der Waals surface area contributed by atoms with Crippen molar-refractivity contribution in [2.75, 3.05) is 38.1 Å². The summed E-state index contributed by atoms with van der Waals surface area (Å²) >= 11 is 0. The summed E-state index contributed by atoms with van der Waals surface area (Å²) < 4.78 is 2.23. The van der Waals surface area contributed by atoms with Crippen molar-refractivity contribution in [3.05, 3.63) is 76.3 Å². The van der Waals surface area contributed by atoms with E-state index >= 15 is 0 Å². The van der Waals surface area contributed by atoms with E-state index in [1.54, 1.807) is 0 Å². The molecule has 2 aromatic carbocycles. The Morgan fingerprint density at radius 1 is 0.968 bits per heavy atom. The van der Waals surface area contributed by atoms with Gasteiger partial charge in [0.15, 0.2) is 5.65 Å². The average Bonchev–Trinajstić information content (AvgIpc) is 3.15. The molecule has 0 spiro atoms. The van der Waals surface area contributed by atoms with E-state index in [4.69, 9.17) is 4.98 Å². The van der Waals surface area contributed by atoms with Gasteiger partial charge in [0.1, 0.15) is 11.9 Å². The van der Waals surface area contributed by atoms with Crippen molar-refractivity contribution < 1.29 is 0 Å². The minimum Gasteiger partial charge on any atom is -0.355 e. The minimum absolute atomic E-state index is 0.677. The topological polar surface area (TPSA) is 47.6 Å². The second-order valence-electron chi connectivity index (χ2n) is 8.63. The summed E-state index contributed by atoms with van der Waals surface area (Å²) in [4.78, 5) is 9.74. The molecule has 0 saturated carbocycles. The predicted molar refractivity (Wildman–Crippen MR) is 126 cm³/mol. The van der Waals surface area contributed by atoms with Gasteiger partial charge >= 0.3 is 0 Å². The summed E-state index contributed by atoms with van der Waals surface area (Å²) in [6.45, 7) is 8.17. The summed E-state index contributed by atoms with van der Waals surface area (Å²) in [6.07, 6.45) is 0.797. The fraction of sp³-hybridized carbons (Fsp3) is 0.308. The van der Waals surface area contributed by atoms with Gasteiger partial charge in [0.05, 0.1) is 16.6 Å². The van der Waals surface area contributed by atoms with Crippen LogP contribution in [0.2, 0.25) is 0 Å². The Labute approximate surface area is 183 Å². The first-order valence-corrected chi connectivity index (χ1v) is 10.9. The van der Waals surface area contributed by atoms with Crippen molar-refractivity contribution in [3.8, 4) is 6.07 Å². The molecule has 2 aromatic heterocycles. The highest BCUT2D eigenvalue weighted by Gasteiger charge is 2.26. The molecular weight excluding hydrogens is 382 g/mol. The third-order valence-electron chi connectivity index (χ3n) is 6.51. The molecule has 5 heteroatoms. The number of benzene rings is 2. The number of hydrogen-bond acceptors (Lipinski definition) is 4. The van der Waals surface area contributed by atoms with Gasteiger partial charge in [-0.15, -0.1) is 0 Å². The number of nitriles is 1. The number of likely N-dealkylation sites (N-methyl/N-ethyl adjacent to an activating group) is 1. The maximum atomic E-state index is 10.1. The summed E-state index contributed by atoms with van der Waals surface area (Å²) in [5.41, 5.74) is 8.22. The van der Waals surface area contributed by atoms with Gasteiger partial charge in [-0.1, -0.05) is 42.0 Å². The molecule has 1 aliphatic rings. The Kier molecular flexibility index (Phi) is 4.88. The molecule has 1 aliphatic heterocycles. The molecule has 0 unspecified atom stereocenters. The molecule has 5 rings (SSSR count). The fourth-order valence-electron chi connectivity index (χ4n) is 4.64. The van der Waals surface area contributed by atoms with Crippen molar-refractivity contribution in [1.29, 1.82) is 5.26 Å². The molecular formula is C26H27N5. The number of nitrogens with zero attached hydrogens (tertiary/aromatic N) is 5. The normalized spacial score (nSPS) is 15.0. The Balaban J connectivity index is 1.81. The molecule has 1 fully saturated rings. The second-order valence-corrected chi connectivity index (χ2v) is 8.63. The van der Waals surface area contributed by atoms with Gasteiger partial charge in [0.2, 0.25) is 0 Å². The van der Waals surface area contributed by atoms with Gasteiger partial charge in [-0.3, -0.25) is 4.40 Å². The molecule has 31 heavy (non-hydrogen) atoms. The number of imidazole rings is 1. The van der Waals surface area contributed by atoms with Gasteiger partial charge in [-0.05, 0) is 44.2 Å². The van der Waals surface area contributed by atoms with Crippen LogP contribution < -0.4 is 4.90 Å². The van der Waals surface area contributed by atoms with Crippen LogP contribution in [0.4, 0.5) is 5.82 Å². The zero-order valence-electron chi connectivity index (χ0n) is 18.4. The Hall–Kier alpha value is -3.36. The van der Waals surface area contributed by atoms with Gasteiger partial charge < -0.3 is 9.80 Å². The van der Waals surface area contributed by atoms with Crippen molar-refractivity contribution in [2.24, 2.45) is 0 Å². The van der Waals surface area contributed by atoms with E-state index < -0.39 is 0 Å². The van der Waals surface area contributed by atoms with E-state index in [1.807, 2.05) is 12.1 Å². The van der Waals surface area contributed by atoms with Crippen molar-refractivity contribution in [1.82, 2.24) is 14.3 Å². The number of aryl methyl sites for hydroxylation is 1. The third-order valence-corrected chi connectivity index (χ3v) is 6.51. The third kappa shape index (κ3) is 3.34. The number of fused-ring (bicyclic) bond motifs is 3. The summed E-state index contributed by atoms with van der Waals surface area (Å²) in [6, 6.07) is 19.4. The smallest absolute Gasteiger partial charge is 0.157 e. The maximum absolute atomic E-state index is 10.1. The van der Waals surface area contributed by atoms with Crippen LogP contribution in [0.5, 0.6) is 0 Å². The quantitative estimate of drug-likeness (QED) is 0.506. The number of piperazine rings is 1. The molecule has 0 aliphatic carbocycles. The molecule has 156 valence electrons. The van der Waals surface area contributed by atoms with E-state index in [0.29, 0.717) is 5.56 Å². The van der Waals surface area contributed by atoms with Crippen molar-refractivity contribution in [2.45, 2.75) is 20.3 Å². The van der Waals surface area contributed by atoms with Crippen LogP contribution in [-0.2, 0) is 6.42 Å². The first-order valence-electron chi connectivity index (χ1n) is 10.9. The molecule has 0 bridgehead atoms. The number of para-hydroxylation sites is 2. The Morgan fingerprint density at radius 2 is 1.68 bits per heavy atom. The van der Waals surface area contributed by atoms with Crippen LogP contribution in [0.1, 0.15) is 27.8 Å². The average molecular weight is 410 g/mol. The van der Waals surface area contributed by atoms with Crippen LogP contribution in [0, 0.1) is 25.2 Å². The van der Waals surface area contributed by atoms with E-state index in [-0.39, 0.29) is 0 Å². The monoisotopic (exact) mass is 409 g/mol. The van der Waals surface area contributed by atoms with Crippen LogP contribution >= 0.6 is 0 Å². The highest BCUT2D eigenvalue weighted by molar-refractivity contribution is 5.86. The zero-order chi connectivity index (χ0) is 21.5. The van der Waals surface area contributed by atoms with Crippen LogP contribution in [0.25, 0.3) is 16.7 Å². The molecule has 0 N–H and O–H groups in total. The highest BCUT2D eigenvalue weighted by atomic mass is 15.3. The van der Waals surface area contributed by atoms with Gasteiger partial charge in [-0.2, -0.15) is 5.26 Å². The molecule has 1 saturated heterocycles. The number of pyridine rings is 1. The maximum Gasteiger partial charge on any atom is 0.157 e. The zero-order valence-corrected chi connectivity index (χ0v) is 18.4. The molecule has 0 amide bonds. The van der Waals surface area contributed by atoms with E-state index in [2.05, 4.69) is 77.6 Å². The van der Waals surface area contributed by atoms with Crippen LogP contribution in [0.15, 0.2) is 48.5 Å². The van der Waals surface area contributed by atoms with Crippen molar-refractivity contribution >= 4 is 22.5 Å². The summed E-state index contributed by atoms with van der Waals surface area (Å²) in [5.74, 6) is 1.19. The lowest BCUT2D eigenvalue weighted by Gasteiger charge is -2.36. The largest absolute Gasteiger partial charge is 0.355 e. The summed E-state index contributed by atoms with van der Waals surface area (Å²) in [7, 11) is 2.18. The molecule has 4 aromatic rings. The van der Waals surface area contributed by atoms with Crippen LogP contribution in [0.3, 0.4) is 0 Å². The molecule has 3 heterocycles. The first-order chi connectivity index (χ1) is 15.1. The fourth-order valence-corrected chi connectivity index (χ4v) is 4.64. The Morgan fingerprint density at radius 3 is 2.39 bits per heavy atom. The van der Waals surface area contributed by atoms with Crippen molar-refractivity contribution in [3.63, 3.8) is 0 Å². The lowest BCUT2D eigenvalue weighted by atomic mass is 9.96. The second kappa shape index (κ2) is 7.72.